The van der Waals surface area contributed by atoms with E-state index < -0.39 is 5.97 Å². The Balaban J connectivity index is 2.10. The summed E-state index contributed by atoms with van der Waals surface area (Å²) in [6.45, 7) is 7.65. The van der Waals surface area contributed by atoms with Crippen LogP contribution in [-0.4, -0.2) is 39.8 Å². The van der Waals surface area contributed by atoms with Crippen LogP contribution in [0.25, 0.3) is 22.2 Å². The van der Waals surface area contributed by atoms with Crippen LogP contribution in [0, 0.1) is 0 Å². The van der Waals surface area contributed by atoms with Gasteiger partial charge in [0.2, 0.25) is 0 Å². The normalized spacial score (nSPS) is 12.6. The molecule has 0 aliphatic heterocycles. The Hall–Kier alpha value is -2.67. The van der Waals surface area contributed by atoms with Gasteiger partial charge in [-0.15, -0.1) is 0 Å². The smallest absolute Gasteiger partial charge is 0.344 e. The molecule has 0 radical (unpaired) electrons. The summed E-state index contributed by atoms with van der Waals surface area (Å²) in [6, 6.07) is 7.57. The largest absolute Gasteiger partial charge is 0.459 e. The number of hydrogen-bond acceptors (Lipinski definition) is 6. The highest BCUT2D eigenvalue weighted by molar-refractivity contribution is 6.08. The minimum Gasteiger partial charge on any atom is -0.459 e. The van der Waals surface area contributed by atoms with Crippen molar-refractivity contribution in [2.45, 2.75) is 46.3 Å². The van der Waals surface area contributed by atoms with E-state index >= 15 is 0 Å². The SMILES string of the molecule is CCOCCCn1c(N)c(C(=O)OC(C)CC)c2nc3ccccc3nc21. The van der Waals surface area contributed by atoms with E-state index in [2.05, 4.69) is 4.98 Å². The van der Waals surface area contributed by atoms with Crippen LogP contribution in [0.4, 0.5) is 5.82 Å². The van der Waals surface area contributed by atoms with E-state index in [-0.39, 0.29) is 6.10 Å². The third-order valence-corrected chi connectivity index (χ3v) is 4.55. The fourth-order valence-corrected chi connectivity index (χ4v) is 2.94. The van der Waals surface area contributed by atoms with Crippen molar-refractivity contribution in [3.05, 3.63) is 29.8 Å². The third kappa shape index (κ3) is 3.88. The molecule has 0 bridgehead atoms. The van der Waals surface area contributed by atoms with Crippen LogP contribution in [0.2, 0.25) is 0 Å². The first-order valence-electron chi connectivity index (χ1n) is 9.40. The molecule has 1 unspecified atom stereocenters. The maximum atomic E-state index is 12.8. The van der Waals surface area contributed by atoms with Gasteiger partial charge >= 0.3 is 5.97 Å². The highest BCUT2D eigenvalue weighted by Gasteiger charge is 2.25. The number of hydrogen-bond donors (Lipinski definition) is 1. The zero-order chi connectivity index (χ0) is 19.4. The molecule has 144 valence electrons. The number of nitrogens with zero attached hydrogens (tertiary/aromatic N) is 3. The summed E-state index contributed by atoms with van der Waals surface area (Å²) in [5.74, 6) is -0.120. The van der Waals surface area contributed by atoms with Gasteiger partial charge in [-0.1, -0.05) is 19.1 Å². The van der Waals surface area contributed by atoms with Gasteiger partial charge in [-0.3, -0.25) is 0 Å². The first-order chi connectivity index (χ1) is 13.1. The van der Waals surface area contributed by atoms with Crippen molar-refractivity contribution in [1.82, 2.24) is 14.5 Å². The molecule has 3 aromatic rings. The number of nitrogens with two attached hydrogens (primary N) is 1. The van der Waals surface area contributed by atoms with Gasteiger partial charge in [0.25, 0.3) is 0 Å². The average Bonchev–Trinajstić information content (AvgIpc) is 2.94. The summed E-state index contributed by atoms with van der Waals surface area (Å²) >= 11 is 0. The Morgan fingerprint density at radius 2 is 1.93 bits per heavy atom. The van der Waals surface area contributed by atoms with E-state index in [1.54, 1.807) is 0 Å². The minimum absolute atomic E-state index is 0.193. The van der Waals surface area contributed by atoms with Crippen molar-refractivity contribution < 1.29 is 14.3 Å². The number of para-hydroxylation sites is 2. The lowest BCUT2D eigenvalue weighted by atomic mass is 10.2. The van der Waals surface area contributed by atoms with Gasteiger partial charge < -0.3 is 19.8 Å². The van der Waals surface area contributed by atoms with Gasteiger partial charge in [0, 0.05) is 19.8 Å². The van der Waals surface area contributed by atoms with Crippen molar-refractivity contribution in [3.8, 4) is 0 Å². The summed E-state index contributed by atoms with van der Waals surface area (Å²) in [5, 5.41) is 0. The summed E-state index contributed by atoms with van der Waals surface area (Å²) in [7, 11) is 0. The van der Waals surface area contributed by atoms with Crippen LogP contribution in [0.3, 0.4) is 0 Å². The lowest BCUT2D eigenvalue weighted by molar-refractivity contribution is 0.0338. The highest BCUT2D eigenvalue weighted by Crippen LogP contribution is 2.29. The number of carbonyl (C=O) groups excluding carboxylic acids is 1. The standard InChI is InChI=1S/C20H26N4O3/c1-4-13(3)27-20(25)16-17-19(23-15-10-7-6-9-14(15)22-17)24(18(16)21)11-8-12-26-5-2/h6-7,9-10,13H,4-5,8,11-12,21H2,1-3H3. The Bertz CT molecular complexity index is 951. The molecule has 0 saturated heterocycles. The Kier molecular flexibility index (Phi) is 5.91. The van der Waals surface area contributed by atoms with Crippen LogP contribution in [0.1, 0.15) is 44.0 Å². The number of nitrogen functional groups attached to an aromatic ring is 1. The quantitative estimate of drug-likeness (QED) is 0.481. The van der Waals surface area contributed by atoms with E-state index in [9.17, 15) is 4.79 Å². The maximum Gasteiger partial charge on any atom is 0.344 e. The van der Waals surface area contributed by atoms with Crippen LogP contribution in [-0.2, 0) is 16.0 Å². The van der Waals surface area contributed by atoms with E-state index in [0.717, 1.165) is 18.4 Å². The number of ether oxygens (including phenoxy) is 2. The predicted molar refractivity (Wildman–Crippen MR) is 106 cm³/mol. The monoisotopic (exact) mass is 370 g/mol. The second kappa shape index (κ2) is 8.35. The van der Waals surface area contributed by atoms with Crippen molar-refractivity contribution in [3.63, 3.8) is 0 Å². The molecule has 1 atom stereocenters. The van der Waals surface area contributed by atoms with Crippen molar-refractivity contribution >= 4 is 34.0 Å². The topological polar surface area (TPSA) is 92.3 Å². The fourth-order valence-electron chi connectivity index (χ4n) is 2.94. The van der Waals surface area contributed by atoms with E-state index in [4.69, 9.17) is 20.2 Å². The number of fused-ring (bicyclic) bond motifs is 2. The van der Waals surface area contributed by atoms with Crippen molar-refractivity contribution in [2.24, 2.45) is 0 Å². The zero-order valence-corrected chi connectivity index (χ0v) is 16.1. The molecule has 0 saturated carbocycles. The van der Waals surface area contributed by atoms with Crippen LogP contribution < -0.4 is 5.73 Å². The number of aryl methyl sites for hydroxylation is 1. The van der Waals surface area contributed by atoms with Gasteiger partial charge in [-0.05, 0) is 38.8 Å². The van der Waals surface area contributed by atoms with E-state index in [0.29, 0.717) is 47.8 Å². The lowest BCUT2D eigenvalue weighted by Crippen LogP contribution is -2.16. The van der Waals surface area contributed by atoms with E-state index in [1.165, 1.54) is 0 Å². The lowest BCUT2D eigenvalue weighted by Gasteiger charge is -2.11. The Morgan fingerprint density at radius 3 is 2.59 bits per heavy atom. The molecule has 2 heterocycles. The second-order valence-corrected chi connectivity index (χ2v) is 6.47. The zero-order valence-electron chi connectivity index (χ0n) is 16.1. The molecule has 0 aliphatic carbocycles. The number of esters is 1. The predicted octanol–water partition coefficient (Wildman–Crippen LogP) is 3.55. The van der Waals surface area contributed by atoms with Gasteiger partial charge in [0.05, 0.1) is 17.1 Å². The fraction of sp³-hybridized carbons (Fsp3) is 0.450. The summed E-state index contributed by atoms with van der Waals surface area (Å²) in [4.78, 5) is 22.1. The van der Waals surface area contributed by atoms with Crippen molar-refractivity contribution in [2.75, 3.05) is 18.9 Å². The summed E-state index contributed by atoms with van der Waals surface area (Å²) in [6.07, 6.45) is 1.30. The molecule has 27 heavy (non-hydrogen) atoms. The molecule has 0 spiro atoms. The molecule has 0 fully saturated rings. The van der Waals surface area contributed by atoms with Crippen LogP contribution in [0.15, 0.2) is 24.3 Å². The molecular weight excluding hydrogens is 344 g/mol. The molecule has 1 aromatic carbocycles. The van der Waals surface area contributed by atoms with Gasteiger partial charge in [0.15, 0.2) is 5.65 Å². The Labute approximate surface area is 158 Å². The highest BCUT2D eigenvalue weighted by atomic mass is 16.5. The van der Waals surface area contributed by atoms with Crippen molar-refractivity contribution in [1.29, 1.82) is 0 Å². The number of carbonyl (C=O) groups is 1. The van der Waals surface area contributed by atoms with Gasteiger partial charge in [-0.25, -0.2) is 14.8 Å². The first-order valence-corrected chi connectivity index (χ1v) is 9.40. The molecule has 0 aliphatic rings. The first kappa shape index (κ1) is 19.1. The molecule has 2 aromatic heterocycles. The summed E-state index contributed by atoms with van der Waals surface area (Å²) < 4.78 is 12.8. The number of anilines is 1. The molecule has 0 amide bonds. The molecular formula is C20H26N4O3. The number of benzene rings is 1. The molecule has 7 nitrogen and oxygen atoms in total. The third-order valence-electron chi connectivity index (χ3n) is 4.55. The maximum absolute atomic E-state index is 12.8. The molecule has 2 N–H and O–H groups in total. The van der Waals surface area contributed by atoms with Gasteiger partial charge in [0.1, 0.15) is 16.9 Å². The van der Waals surface area contributed by atoms with E-state index in [1.807, 2.05) is 49.6 Å². The minimum atomic E-state index is -0.458. The van der Waals surface area contributed by atoms with Crippen LogP contribution in [0.5, 0.6) is 0 Å². The van der Waals surface area contributed by atoms with Gasteiger partial charge in [-0.2, -0.15) is 0 Å². The second-order valence-electron chi connectivity index (χ2n) is 6.47. The Morgan fingerprint density at radius 1 is 1.22 bits per heavy atom. The summed E-state index contributed by atoms with van der Waals surface area (Å²) in [5.41, 5.74) is 9.20. The number of aromatic nitrogens is 3. The number of rotatable bonds is 8. The van der Waals surface area contributed by atoms with Crippen LogP contribution >= 0.6 is 0 Å². The molecule has 7 heteroatoms. The average molecular weight is 370 g/mol. The molecule has 3 rings (SSSR count).